The smallest absolute Gasteiger partial charge is 0.346 e. The van der Waals surface area contributed by atoms with Gasteiger partial charge in [0.2, 0.25) is 0 Å². The van der Waals surface area contributed by atoms with Crippen LogP contribution in [0.2, 0.25) is 0 Å². The summed E-state index contributed by atoms with van der Waals surface area (Å²) < 4.78 is 8.32. The summed E-state index contributed by atoms with van der Waals surface area (Å²) in [6, 6.07) is 0. The molecule has 1 N–H and O–H groups in total. The molecule has 0 saturated heterocycles. The van der Waals surface area contributed by atoms with Gasteiger partial charge in [-0.3, -0.25) is 4.57 Å². The molecule has 0 radical (unpaired) electrons. The Morgan fingerprint density at radius 2 is 2.47 bits per heavy atom. The minimum Gasteiger partial charge on any atom is -0.380 e. The van der Waals surface area contributed by atoms with Gasteiger partial charge in [-0.15, -0.1) is 0 Å². The monoisotopic (exact) mass is 212 g/mol. The predicted molar refractivity (Wildman–Crippen MR) is 54.7 cm³/mol. The van der Waals surface area contributed by atoms with Gasteiger partial charge in [-0.25, -0.2) is 9.48 Å². The lowest BCUT2D eigenvalue weighted by Crippen LogP contribution is -2.35. The van der Waals surface area contributed by atoms with E-state index in [-0.39, 0.29) is 11.8 Å². The molecule has 1 aliphatic heterocycles. The van der Waals surface area contributed by atoms with Crippen LogP contribution in [0.25, 0.3) is 0 Å². The second kappa shape index (κ2) is 4.16. The van der Waals surface area contributed by atoms with Crippen LogP contribution >= 0.6 is 0 Å². The van der Waals surface area contributed by atoms with Crippen molar-refractivity contribution in [1.82, 2.24) is 19.7 Å². The van der Waals surface area contributed by atoms with E-state index < -0.39 is 0 Å². The van der Waals surface area contributed by atoms with E-state index in [4.69, 9.17) is 4.74 Å². The number of nitrogens with zero attached hydrogens (tertiary/aromatic N) is 3. The van der Waals surface area contributed by atoms with Gasteiger partial charge in [-0.1, -0.05) is 0 Å². The second-order valence-corrected chi connectivity index (χ2v) is 3.76. The van der Waals surface area contributed by atoms with Crippen LogP contribution in [0.3, 0.4) is 0 Å². The number of hydrogen-bond donors (Lipinski definition) is 1. The van der Waals surface area contributed by atoms with E-state index >= 15 is 0 Å². The average molecular weight is 212 g/mol. The van der Waals surface area contributed by atoms with Gasteiger partial charge in [-0.2, -0.15) is 5.10 Å². The van der Waals surface area contributed by atoms with Crippen LogP contribution < -0.4 is 11.0 Å². The molecule has 1 aromatic rings. The van der Waals surface area contributed by atoms with Crippen LogP contribution in [0, 0.1) is 0 Å². The lowest BCUT2D eigenvalue weighted by atomic mass is 10.4. The van der Waals surface area contributed by atoms with Gasteiger partial charge in [0.15, 0.2) is 0 Å². The lowest BCUT2D eigenvalue weighted by molar-refractivity contribution is 0.0985. The molecule has 0 saturated carbocycles. The Morgan fingerprint density at radius 1 is 1.67 bits per heavy atom. The number of rotatable bonds is 3. The molecule has 2 heterocycles. The minimum atomic E-state index is -0.0320. The summed E-state index contributed by atoms with van der Waals surface area (Å²) in [6.45, 7) is 4.63. The van der Waals surface area contributed by atoms with Crippen LogP contribution in [0.5, 0.6) is 0 Å². The summed E-state index contributed by atoms with van der Waals surface area (Å²) in [4.78, 5) is 11.8. The third-order valence-electron chi connectivity index (χ3n) is 2.63. The first-order chi connectivity index (χ1) is 7.22. The average Bonchev–Trinajstić information content (AvgIpc) is 2.57. The van der Waals surface area contributed by atoms with Crippen LogP contribution in [-0.2, 0) is 24.4 Å². The number of methoxy groups -OCH3 is 1. The summed E-state index contributed by atoms with van der Waals surface area (Å²) in [5.41, 5.74) is -0.0320. The molecule has 15 heavy (non-hydrogen) atoms. The zero-order valence-electron chi connectivity index (χ0n) is 9.06. The molecule has 84 valence electrons. The van der Waals surface area contributed by atoms with Gasteiger partial charge in [-0.05, 0) is 6.92 Å². The highest BCUT2D eigenvalue weighted by Gasteiger charge is 2.16. The summed E-state index contributed by atoms with van der Waals surface area (Å²) in [5, 5.41) is 7.44. The number of aromatic nitrogens is 3. The van der Waals surface area contributed by atoms with Crippen molar-refractivity contribution in [3.63, 3.8) is 0 Å². The Kier molecular flexibility index (Phi) is 2.88. The van der Waals surface area contributed by atoms with Gasteiger partial charge in [0.05, 0.1) is 19.2 Å². The highest BCUT2D eigenvalue weighted by molar-refractivity contribution is 4.90. The van der Waals surface area contributed by atoms with Gasteiger partial charge in [0.1, 0.15) is 5.82 Å². The maximum atomic E-state index is 11.8. The third kappa shape index (κ3) is 1.95. The van der Waals surface area contributed by atoms with Crippen molar-refractivity contribution in [1.29, 1.82) is 0 Å². The standard InChI is InChI=1S/C9H16N4O2/c1-7(15-2)6-13-9(14)12-4-3-10-5-8(12)11-13/h7,10H,3-6H2,1-2H3. The highest BCUT2D eigenvalue weighted by atomic mass is 16.5. The van der Waals surface area contributed by atoms with Crippen LogP contribution in [0.4, 0.5) is 0 Å². The van der Waals surface area contributed by atoms with Crippen LogP contribution in [-0.4, -0.2) is 34.1 Å². The van der Waals surface area contributed by atoms with Crippen molar-refractivity contribution in [2.24, 2.45) is 0 Å². The molecule has 6 nitrogen and oxygen atoms in total. The van der Waals surface area contributed by atoms with Crippen molar-refractivity contribution in [2.75, 3.05) is 13.7 Å². The zero-order valence-corrected chi connectivity index (χ0v) is 9.06. The van der Waals surface area contributed by atoms with E-state index in [9.17, 15) is 4.79 Å². The summed E-state index contributed by atoms with van der Waals surface area (Å²) >= 11 is 0. The maximum absolute atomic E-state index is 11.8. The predicted octanol–water partition coefficient (Wildman–Crippen LogP) is -0.817. The van der Waals surface area contributed by atoms with E-state index in [0.717, 1.165) is 12.4 Å². The molecule has 1 aromatic heterocycles. The summed E-state index contributed by atoms with van der Waals surface area (Å²) in [7, 11) is 1.63. The zero-order chi connectivity index (χ0) is 10.8. The number of ether oxygens (including phenoxy) is 1. The Morgan fingerprint density at radius 3 is 3.13 bits per heavy atom. The van der Waals surface area contributed by atoms with Gasteiger partial charge < -0.3 is 10.1 Å². The van der Waals surface area contributed by atoms with Crippen molar-refractivity contribution >= 4 is 0 Å². The van der Waals surface area contributed by atoms with E-state index in [0.29, 0.717) is 19.6 Å². The molecule has 6 heteroatoms. The fourth-order valence-electron chi connectivity index (χ4n) is 1.67. The molecule has 1 unspecified atom stereocenters. The molecule has 1 aliphatic rings. The number of nitrogens with one attached hydrogen (secondary N) is 1. The third-order valence-corrected chi connectivity index (χ3v) is 2.63. The van der Waals surface area contributed by atoms with E-state index in [1.807, 2.05) is 6.92 Å². The normalized spacial score (nSPS) is 17.5. The fourth-order valence-corrected chi connectivity index (χ4v) is 1.67. The highest BCUT2D eigenvalue weighted by Crippen LogP contribution is 1.99. The first-order valence-corrected chi connectivity index (χ1v) is 5.12. The van der Waals surface area contributed by atoms with Crippen LogP contribution in [0.1, 0.15) is 12.7 Å². The molecule has 2 rings (SSSR count). The van der Waals surface area contributed by atoms with Crippen molar-refractivity contribution in [2.45, 2.75) is 32.7 Å². The van der Waals surface area contributed by atoms with Gasteiger partial charge in [0, 0.05) is 20.2 Å². The molecule has 0 amide bonds. The minimum absolute atomic E-state index is 0.00705. The lowest BCUT2D eigenvalue weighted by Gasteiger charge is -2.11. The topological polar surface area (TPSA) is 61.1 Å². The van der Waals surface area contributed by atoms with E-state index in [2.05, 4.69) is 10.4 Å². The first kappa shape index (κ1) is 10.4. The van der Waals surface area contributed by atoms with Gasteiger partial charge >= 0.3 is 5.69 Å². The fraction of sp³-hybridized carbons (Fsp3) is 0.778. The molecular weight excluding hydrogens is 196 g/mol. The Labute approximate surface area is 87.8 Å². The SMILES string of the molecule is COC(C)Cn1nc2n(c1=O)CCNC2. The van der Waals surface area contributed by atoms with E-state index in [1.54, 1.807) is 11.7 Å². The molecule has 0 aliphatic carbocycles. The number of hydrogen-bond acceptors (Lipinski definition) is 4. The largest absolute Gasteiger partial charge is 0.380 e. The summed E-state index contributed by atoms with van der Waals surface area (Å²) in [6.07, 6.45) is 0.00705. The van der Waals surface area contributed by atoms with Crippen molar-refractivity contribution < 1.29 is 4.74 Å². The molecule has 0 spiro atoms. The summed E-state index contributed by atoms with van der Waals surface area (Å²) in [5.74, 6) is 0.814. The number of fused-ring (bicyclic) bond motifs is 1. The van der Waals surface area contributed by atoms with E-state index in [1.165, 1.54) is 4.68 Å². The maximum Gasteiger partial charge on any atom is 0.346 e. The van der Waals surface area contributed by atoms with Crippen molar-refractivity contribution in [3.05, 3.63) is 16.3 Å². The van der Waals surface area contributed by atoms with Crippen molar-refractivity contribution in [3.8, 4) is 0 Å². The first-order valence-electron chi connectivity index (χ1n) is 5.12. The molecule has 1 atom stereocenters. The molecular formula is C9H16N4O2. The van der Waals surface area contributed by atoms with Crippen LogP contribution in [0.15, 0.2) is 4.79 Å². The Balaban J connectivity index is 2.25. The quantitative estimate of drug-likeness (QED) is 0.711. The Hall–Kier alpha value is -1.14. The molecule has 0 aromatic carbocycles. The Bertz CT molecular complexity index is 395. The molecule has 0 fully saturated rings. The van der Waals surface area contributed by atoms with Gasteiger partial charge in [0.25, 0.3) is 0 Å². The second-order valence-electron chi connectivity index (χ2n) is 3.76. The molecule has 0 bridgehead atoms.